The van der Waals surface area contributed by atoms with Crippen LogP contribution in [-0.2, 0) is 14.6 Å². The van der Waals surface area contributed by atoms with E-state index in [2.05, 4.69) is 0 Å². The van der Waals surface area contributed by atoms with Crippen molar-refractivity contribution in [3.8, 4) is 0 Å². The van der Waals surface area contributed by atoms with Crippen molar-refractivity contribution in [2.24, 2.45) is 11.8 Å². The summed E-state index contributed by atoms with van der Waals surface area (Å²) in [6, 6.07) is 3.61. The minimum Gasteiger partial charge on any atom is -0.480 e. The highest BCUT2D eigenvalue weighted by molar-refractivity contribution is 7.90. The summed E-state index contributed by atoms with van der Waals surface area (Å²) < 4.78 is 23.5. The Balaban J connectivity index is 1.98. The molecule has 3 unspecified atom stereocenters. The summed E-state index contributed by atoms with van der Waals surface area (Å²) in [4.78, 5) is 26.2. The summed E-state index contributed by atoms with van der Waals surface area (Å²) in [5.41, 5.74) is 0.915. The van der Waals surface area contributed by atoms with Crippen LogP contribution in [0.25, 0.3) is 0 Å². The zero-order chi connectivity index (χ0) is 17.6. The van der Waals surface area contributed by atoms with Crippen molar-refractivity contribution in [1.29, 1.82) is 0 Å². The van der Waals surface area contributed by atoms with Gasteiger partial charge >= 0.3 is 5.97 Å². The van der Waals surface area contributed by atoms with E-state index < -0.39 is 21.8 Å². The number of likely N-dealkylation sites (tertiary alicyclic amines) is 1. The molecule has 3 atom stereocenters. The van der Waals surface area contributed by atoms with Gasteiger partial charge in [0, 0.05) is 18.4 Å². The molecular formula is C17H21NO5S. The van der Waals surface area contributed by atoms with Crippen molar-refractivity contribution in [1.82, 2.24) is 4.90 Å². The largest absolute Gasteiger partial charge is 0.480 e. The molecule has 0 spiro atoms. The van der Waals surface area contributed by atoms with E-state index in [0.29, 0.717) is 12.1 Å². The van der Waals surface area contributed by atoms with E-state index in [4.69, 9.17) is 0 Å². The predicted molar refractivity (Wildman–Crippen MR) is 87.6 cm³/mol. The number of carbonyl (C=O) groups excluding carboxylic acids is 1. The van der Waals surface area contributed by atoms with E-state index >= 15 is 0 Å². The number of carboxylic acid groups (broad SMARTS) is 1. The minimum absolute atomic E-state index is 0.00449. The van der Waals surface area contributed by atoms with Gasteiger partial charge in [-0.15, -0.1) is 0 Å². The van der Waals surface area contributed by atoms with Crippen molar-refractivity contribution in [3.63, 3.8) is 0 Å². The molecule has 1 saturated carbocycles. The molecule has 0 radical (unpaired) electrons. The Morgan fingerprint density at radius 1 is 1.25 bits per heavy atom. The number of hydrogen-bond acceptors (Lipinski definition) is 4. The van der Waals surface area contributed by atoms with E-state index in [-0.39, 0.29) is 28.2 Å². The van der Waals surface area contributed by atoms with Crippen molar-refractivity contribution < 1.29 is 23.1 Å². The maximum Gasteiger partial charge on any atom is 0.326 e. The summed E-state index contributed by atoms with van der Waals surface area (Å²) in [6.07, 6.45) is 3.87. The molecule has 2 aliphatic rings. The van der Waals surface area contributed by atoms with Gasteiger partial charge in [-0.25, -0.2) is 13.2 Å². The van der Waals surface area contributed by atoms with Gasteiger partial charge in [-0.05, 0) is 49.3 Å². The maximum atomic E-state index is 13.0. The Bertz CT molecular complexity index is 801. The molecule has 1 aliphatic heterocycles. The number of hydrogen-bond donors (Lipinski definition) is 1. The second-order valence-corrected chi connectivity index (χ2v) is 8.86. The highest BCUT2D eigenvalue weighted by atomic mass is 32.2. The quantitative estimate of drug-likeness (QED) is 0.895. The van der Waals surface area contributed by atoms with Crippen molar-refractivity contribution in [2.45, 2.75) is 37.1 Å². The Hall–Kier alpha value is -1.89. The molecule has 1 N–H and O–H groups in total. The van der Waals surface area contributed by atoms with E-state index in [1.54, 1.807) is 13.0 Å². The van der Waals surface area contributed by atoms with Crippen LogP contribution in [0.4, 0.5) is 0 Å². The van der Waals surface area contributed by atoms with Crippen LogP contribution in [0.1, 0.15) is 35.2 Å². The highest BCUT2D eigenvalue weighted by Crippen LogP contribution is 2.42. The molecule has 1 heterocycles. The minimum atomic E-state index is -3.43. The third-order valence-corrected chi connectivity index (χ3v) is 6.38. The molecule has 1 aromatic carbocycles. The van der Waals surface area contributed by atoms with Gasteiger partial charge in [0.2, 0.25) is 0 Å². The molecule has 7 heteroatoms. The molecule has 24 heavy (non-hydrogen) atoms. The van der Waals surface area contributed by atoms with Crippen LogP contribution in [0.15, 0.2) is 23.1 Å². The van der Waals surface area contributed by atoms with Crippen LogP contribution in [-0.4, -0.2) is 49.1 Å². The molecule has 1 saturated heterocycles. The molecule has 0 aromatic heterocycles. The zero-order valence-electron chi connectivity index (χ0n) is 13.7. The first-order valence-electron chi connectivity index (χ1n) is 8.04. The number of carboxylic acids is 1. The molecule has 2 fully saturated rings. The lowest BCUT2D eigenvalue weighted by molar-refractivity contribution is -0.142. The molecule has 130 valence electrons. The number of aliphatic carboxylic acids is 1. The maximum absolute atomic E-state index is 13.0. The van der Waals surface area contributed by atoms with E-state index in [1.807, 2.05) is 0 Å². The van der Waals surface area contributed by atoms with Gasteiger partial charge in [0.15, 0.2) is 9.84 Å². The van der Waals surface area contributed by atoms with Gasteiger partial charge < -0.3 is 10.0 Å². The fourth-order valence-corrected chi connectivity index (χ4v) is 4.69. The zero-order valence-corrected chi connectivity index (χ0v) is 14.5. The van der Waals surface area contributed by atoms with Gasteiger partial charge in [-0.3, -0.25) is 4.79 Å². The summed E-state index contributed by atoms with van der Waals surface area (Å²) in [5, 5.41) is 9.59. The number of carbonyl (C=O) groups is 2. The number of benzene rings is 1. The van der Waals surface area contributed by atoms with Gasteiger partial charge in [-0.1, -0.05) is 12.5 Å². The lowest BCUT2D eigenvalue weighted by atomic mass is 9.94. The van der Waals surface area contributed by atoms with Gasteiger partial charge in [-0.2, -0.15) is 0 Å². The number of sulfone groups is 1. The predicted octanol–water partition coefficient (Wildman–Crippen LogP) is 1.72. The molecular weight excluding hydrogens is 330 g/mol. The number of rotatable bonds is 3. The summed E-state index contributed by atoms with van der Waals surface area (Å²) in [7, 11) is -3.43. The topological polar surface area (TPSA) is 91.8 Å². The number of nitrogens with zero attached hydrogens (tertiary/aromatic N) is 1. The van der Waals surface area contributed by atoms with Crippen molar-refractivity contribution in [3.05, 3.63) is 29.3 Å². The molecule has 6 nitrogen and oxygen atoms in total. The van der Waals surface area contributed by atoms with Gasteiger partial charge in [0.25, 0.3) is 5.91 Å². The van der Waals surface area contributed by atoms with Crippen molar-refractivity contribution >= 4 is 21.7 Å². The standard InChI is InChI=1S/C17H21NO5S/c1-10-6-7-12(24(2,22)23)8-14(10)16(19)18-9-11-4-3-5-13(11)15(18)17(20)21/h6-8,11,13,15H,3-5,9H2,1-2H3,(H,20,21). The molecule has 1 aliphatic carbocycles. The third-order valence-electron chi connectivity index (χ3n) is 5.27. The van der Waals surface area contributed by atoms with Crippen molar-refractivity contribution in [2.75, 3.05) is 12.8 Å². The Labute approximate surface area is 141 Å². The normalized spacial score (nSPS) is 26.4. The third kappa shape index (κ3) is 2.81. The van der Waals surface area contributed by atoms with E-state index in [0.717, 1.165) is 25.5 Å². The second kappa shape index (κ2) is 5.88. The first-order valence-corrected chi connectivity index (χ1v) is 9.94. The van der Waals surface area contributed by atoms with Crippen LogP contribution in [0, 0.1) is 18.8 Å². The SMILES string of the molecule is Cc1ccc(S(C)(=O)=O)cc1C(=O)N1CC2CCCC2C1C(=O)O. The fraction of sp³-hybridized carbons (Fsp3) is 0.529. The van der Waals surface area contributed by atoms with Gasteiger partial charge in [0.05, 0.1) is 4.90 Å². The van der Waals surface area contributed by atoms with Crippen LogP contribution in [0.2, 0.25) is 0 Å². The Morgan fingerprint density at radius 3 is 2.58 bits per heavy atom. The van der Waals surface area contributed by atoms with E-state index in [9.17, 15) is 23.1 Å². The number of amides is 1. The van der Waals surface area contributed by atoms with Crippen LogP contribution in [0.5, 0.6) is 0 Å². The van der Waals surface area contributed by atoms with Crippen LogP contribution >= 0.6 is 0 Å². The average Bonchev–Trinajstić information content (AvgIpc) is 3.05. The first kappa shape index (κ1) is 17.0. The number of fused-ring (bicyclic) bond motifs is 1. The lowest BCUT2D eigenvalue weighted by Crippen LogP contribution is -2.43. The summed E-state index contributed by atoms with van der Waals surface area (Å²) >= 11 is 0. The Kier molecular flexibility index (Phi) is 4.15. The first-order chi connectivity index (χ1) is 11.2. The second-order valence-electron chi connectivity index (χ2n) is 6.84. The van der Waals surface area contributed by atoms with E-state index in [1.165, 1.54) is 17.0 Å². The molecule has 1 amide bonds. The highest BCUT2D eigenvalue weighted by Gasteiger charge is 2.49. The monoisotopic (exact) mass is 351 g/mol. The fourth-order valence-electron chi connectivity index (χ4n) is 4.05. The lowest BCUT2D eigenvalue weighted by Gasteiger charge is -2.25. The number of aryl methyl sites for hydroxylation is 1. The molecule has 1 aromatic rings. The van der Waals surface area contributed by atoms with Crippen LogP contribution in [0.3, 0.4) is 0 Å². The smallest absolute Gasteiger partial charge is 0.326 e. The molecule has 0 bridgehead atoms. The summed E-state index contributed by atoms with van der Waals surface area (Å²) in [6.45, 7) is 2.16. The van der Waals surface area contributed by atoms with Gasteiger partial charge in [0.1, 0.15) is 6.04 Å². The average molecular weight is 351 g/mol. The van der Waals surface area contributed by atoms with Crippen LogP contribution < -0.4 is 0 Å². The molecule has 3 rings (SSSR count). The Morgan fingerprint density at radius 2 is 1.96 bits per heavy atom. The summed E-state index contributed by atoms with van der Waals surface area (Å²) in [5.74, 6) is -1.13.